The van der Waals surface area contributed by atoms with Crippen LogP contribution >= 0.6 is 0 Å². The zero-order chi connectivity index (χ0) is 12.1. The number of hydrogen-bond donors (Lipinski definition) is 1. The Kier molecular flexibility index (Phi) is 4.05. The predicted octanol–water partition coefficient (Wildman–Crippen LogP) is 1.70. The molecule has 0 atom stereocenters. The van der Waals surface area contributed by atoms with Gasteiger partial charge in [0.25, 0.3) is 5.91 Å². The summed E-state index contributed by atoms with van der Waals surface area (Å²) >= 11 is 0. The summed E-state index contributed by atoms with van der Waals surface area (Å²) in [5.74, 6) is -0.102. The topological polar surface area (TPSA) is 59.2 Å². The van der Waals surface area contributed by atoms with Crippen LogP contribution in [0.4, 0.5) is 5.69 Å². The third-order valence-corrected chi connectivity index (χ3v) is 2.22. The number of amides is 1. The van der Waals surface area contributed by atoms with Crippen LogP contribution in [0, 0.1) is 0 Å². The van der Waals surface area contributed by atoms with Crippen LogP contribution in [0.1, 0.15) is 24.3 Å². The highest BCUT2D eigenvalue weighted by Crippen LogP contribution is 2.08. The second kappa shape index (κ2) is 5.30. The van der Waals surface area contributed by atoms with E-state index in [1.807, 2.05) is 13.8 Å². The summed E-state index contributed by atoms with van der Waals surface area (Å²) in [6.07, 6.45) is 3.19. The summed E-state index contributed by atoms with van der Waals surface area (Å²) in [5, 5.41) is 0. The number of carbonyl (C=O) groups excluding carboxylic acids is 1. The molecule has 2 N–H and O–H groups in total. The average Bonchev–Trinajstić information content (AvgIpc) is 2.25. The molecule has 0 fully saturated rings. The molecule has 16 heavy (non-hydrogen) atoms. The second-order valence-electron chi connectivity index (χ2n) is 3.82. The third kappa shape index (κ3) is 2.82. The Balaban J connectivity index is 2.89. The Morgan fingerprint density at radius 3 is 2.75 bits per heavy atom. The van der Waals surface area contributed by atoms with Gasteiger partial charge in [0.05, 0.1) is 11.9 Å². The fourth-order valence-electron chi connectivity index (χ4n) is 1.35. The molecule has 1 rings (SSSR count). The van der Waals surface area contributed by atoms with Crippen molar-refractivity contribution in [3.05, 3.63) is 36.7 Å². The lowest BCUT2D eigenvalue weighted by molar-refractivity contribution is 0.0723. The van der Waals surface area contributed by atoms with Gasteiger partial charge in [-0.05, 0) is 26.0 Å². The Hall–Kier alpha value is -1.84. The van der Waals surface area contributed by atoms with E-state index in [0.29, 0.717) is 17.9 Å². The minimum Gasteiger partial charge on any atom is -0.397 e. The number of carbonyl (C=O) groups is 1. The molecule has 0 spiro atoms. The van der Waals surface area contributed by atoms with Gasteiger partial charge in [-0.1, -0.05) is 6.08 Å². The smallest absolute Gasteiger partial charge is 0.272 e. The van der Waals surface area contributed by atoms with Gasteiger partial charge in [-0.25, -0.2) is 4.98 Å². The molecule has 0 aliphatic rings. The maximum atomic E-state index is 12.1. The zero-order valence-corrected chi connectivity index (χ0v) is 9.68. The molecule has 1 heterocycles. The van der Waals surface area contributed by atoms with Crippen molar-refractivity contribution >= 4 is 11.6 Å². The van der Waals surface area contributed by atoms with E-state index in [4.69, 9.17) is 5.73 Å². The summed E-state index contributed by atoms with van der Waals surface area (Å²) in [5.41, 5.74) is 6.48. The van der Waals surface area contributed by atoms with E-state index in [0.717, 1.165) is 0 Å². The van der Waals surface area contributed by atoms with Crippen LogP contribution in [0.3, 0.4) is 0 Å². The molecule has 0 radical (unpaired) electrons. The van der Waals surface area contributed by atoms with E-state index in [1.165, 1.54) is 6.20 Å². The van der Waals surface area contributed by atoms with Crippen LogP contribution in [-0.4, -0.2) is 28.4 Å². The minimum atomic E-state index is -0.102. The number of hydrogen-bond acceptors (Lipinski definition) is 3. The van der Waals surface area contributed by atoms with Crippen molar-refractivity contribution in [3.63, 3.8) is 0 Å². The maximum Gasteiger partial charge on any atom is 0.272 e. The van der Waals surface area contributed by atoms with E-state index >= 15 is 0 Å². The molecule has 86 valence electrons. The van der Waals surface area contributed by atoms with Crippen molar-refractivity contribution in [2.75, 3.05) is 12.3 Å². The molecular formula is C12H17N3O. The standard InChI is InChI=1S/C12H17N3O/c1-4-7-15(9(2)3)12(16)11-6-5-10(13)8-14-11/h4-6,8-9H,1,7,13H2,2-3H3. The molecule has 0 aliphatic carbocycles. The van der Waals surface area contributed by atoms with E-state index in [1.54, 1.807) is 23.1 Å². The summed E-state index contributed by atoms with van der Waals surface area (Å²) < 4.78 is 0. The summed E-state index contributed by atoms with van der Waals surface area (Å²) in [6.45, 7) is 8.07. The van der Waals surface area contributed by atoms with Crippen molar-refractivity contribution in [2.45, 2.75) is 19.9 Å². The van der Waals surface area contributed by atoms with Gasteiger partial charge in [-0.3, -0.25) is 4.79 Å². The van der Waals surface area contributed by atoms with Gasteiger partial charge in [0.15, 0.2) is 0 Å². The van der Waals surface area contributed by atoms with Gasteiger partial charge in [-0.2, -0.15) is 0 Å². The first kappa shape index (κ1) is 12.2. The number of aromatic nitrogens is 1. The van der Waals surface area contributed by atoms with Crippen LogP contribution < -0.4 is 5.73 Å². The van der Waals surface area contributed by atoms with Gasteiger partial charge in [0.1, 0.15) is 5.69 Å². The van der Waals surface area contributed by atoms with Crippen LogP contribution in [-0.2, 0) is 0 Å². The van der Waals surface area contributed by atoms with Crippen molar-refractivity contribution in [3.8, 4) is 0 Å². The molecule has 1 aromatic rings. The first-order valence-corrected chi connectivity index (χ1v) is 5.19. The van der Waals surface area contributed by atoms with Gasteiger partial charge in [0, 0.05) is 12.6 Å². The summed E-state index contributed by atoms with van der Waals surface area (Å²) in [4.78, 5) is 17.8. The van der Waals surface area contributed by atoms with E-state index in [9.17, 15) is 4.79 Å². The number of rotatable bonds is 4. The fraction of sp³-hybridized carbons (Fsp3) is 0.333. The number of nitrogens with two attached hydrogens (primary N) is 1. The predicted molar refractivity (Wildman–Crippen MR) is 65.0 cm³/mol. The average molecular weight is 219 g/mol. The molecule has 0 saturated heterocycles. The maximum absolute atomic E-state index is 12.1. The number of nitrogens with zero attached hydrogens (tertiary/aromatic N) is 2. The molecule has 0 bridgehead atoms. The monoisotopic (exact) mass is 219 g/mol. The largest absolute Gasteiger partial charge is 0.397 e. The summed E-state index contributed by atoms with van der Waals surface area (Å²) in [7, 11) is 0. The van der Waals surface area contributed by atoms with Crippen LogP contribution in [0.15, 0.2) is 31.0 Å². The molecule has 0 unspecified atom stereocenters. The molecule has 0 aromatic carbocycles. The van der Waals surface area contributed by atoms with Crippen LogP contribution in [0.25, 0.3) is 0 Å². The highest BCUT2D eigenvalue weighted by atomic mass is 16.2. The quantitative estimate of drug-likeness (QED) is 0.784. The fourth-order valence-corrected chi connectivity index (χ4v) is 1.35. The lowest BCUT2D eigenvalue weighted by Gasteiger charge is -2.24. The minimum absolute atomic E-state index is 0.102. The van der Waals surface area contributed by atoms with Crippen molar-refractivity contribution in [2.24, 2.45) is 0 Å². The van der Waals surface area contributed by atoms with Gasteiger partial charge >= 0.3 is 0 Å². The van der Waals surface area contributed by atoms with Crippen LogP contribution in [0.5, 0.6) is 0 Å². The zero-order valence-electron chi connectivity index (χ0n) is 9.68. The molecule has 1 amide bonds. The van der Waals surface area contributed by atoms with Gasteiger partial charge < -0.3 is 10.6 Å². The second-order valence-corrected chi connectivity index (χ2v) is 3.82. The van der Waals surface area contributed by atoms with Crippen LogP contribution in [0.2, 0.25) is 0 Å². The lowest BCUT2D eigenvalue weighted by Crippen LogP contribution is -2.37. The molecule has 4 nitrogen and oxygen atoms in total. The third-order valence-electron chi connectivity index (χ3n) is 2.22. The van der Waals surface area contributed by atoms with E-state index in [2.05, 4.69) is 11.6 Å². The van der Waals surface area contributed by atoms with Gasteiger partial charge in [0.2, 0.25) is 0 Å². The number of anilines is 1. The SMILES string of the molecule is C=CCN(C(=O)c1ccc(N)cn1)C(C)C. The number of nitrogen functional groups attached to an aromatic ring is 1. The highest BCUT2D eigenvalue weighted by Gasteiger charge is 2.18. The summed E-state index contributed by atoms with van der Waals surface area (Å²) in [6, 6.07) is 3.42. The first-order chi connectivity index (χ1) is 7.56. The first-order valence-electron chi connectivity index (χ1n) is 5.19. The van der Waals surface area contributed by atoms with Crippen molar-refractivity contribution < 1.29 is 4.79 Å². The molecule has 0 aliphatic heterocycles. The van der Waals surface area contributed by atoms with E-state index in [-0.39, 0.29) is 11.9 Å². The number of pyridine rings is 1. The molecular weight excluding hydrogens is 202 g/mol. The normalized spacial score (nSPS) is 10.2. The Bertz CT molecular complexity index is 370. The molecule has 4 heteroatoms. The molecule has 0 saturated carbocycles. The van der Waals surface area contributed by atoms with Gasteiger partial charge in [-0.15, -0.1) is 6.58 Å². The Labute approximate surface area is 95.8 Å². The lowest BCUT2D eigenvalue weighted by atomic mass is 10.2. The Morgan fingerprint density at radius 2 is 2.31 bits per heavy atom. The molecule has 1 aromatic heterocycles. The highest BCUT2D eigenvalue weighted by molar-refractivity contribution is 5.92. The van der Waals surface area contributed by atoms with Crippen molar-refractivity contribution in [1.82, 2.24) is 9.88 Å². The Morgan fingerprint density at radius 1 is 1.62 bits per heavy atom. The van der Waals surface area contributed by atoms with E-state index < -0.39 is 0 Å². The van der Waals surface area contributed by atoms with Crippen molar-refractivity contribution in [1.29, 1.82) is 0 Å².